The molecule has 1 unspecified atom stereocenters. The third kappa shape index (κ3) is 8.02. The summed E-state index contributed by atoms with van der Waals surface area (Å²) in [6, 6.07) is 0.393. The van der Waals surface area contributed by atoms with Gasteiger partial charge in [-0.3, -0.25) is 0 Å². The van der Waals surface area contributed by atoms with Gasteiger partial charge < -0.3 is 11.5 Å². The van der Waals surface area contributed by atoms with Crippen LogP contribution in [-0.2, 0) is 0 Å². The van der Waals surface area contributed by atoms with Gasteiger partial charge in [-0.05, 0) is 25.8 Å². The first-order valence-electron chi connectivity index (χ1n) is 5.06. The first-order chi connectivity index (χ1) is 5.81. The van der Waals surface area contributed by atoms with Gasteiger partial charge in [0.05, 0.1) is 0 Å². The van der Waals surface area contributed by atoms with Crippen LogP contribution in [0.2, 0.25) is 0 Å². The molecule has 2 heteroatoms. The molecule has 2 nitrogen and oxygen atoms in total. The average molecular weight is 171 g/mol. The lowest BCUT2D eigenvalue weighted by atomic mass is 10.0. The Labute approximate surface area is 76.7 Å². The fourth-order valence-corrected chi connectivity index (χ4v) is 1.28. The minimum atomic E-state index is 0.393. The van der Waals surface area contributed by atoms with Gasteiger partial charge in [0, 0.05) is 6.04 Å². The Kier molecular flexibility index (Phi) is 8.95. The van der Waals surface area contributed by atoms with Crippen LogP contribution in [0.5, 0.6) is 0 Å². The van der Waals surface area contributed by atoms with E-state index in [2.05, 4.69) is 6.92 Å². The molecule has 1 atom stereocenters. The van der Waals surface area contributed by atoms with E-state index in [-0.39, 0.29) is 0 Å². The van der Waals surface area contributed by atoms with Crippen LogP contribution in [0.1, 0.15) is 44.9 Å². The standard InChI is InChI=1S/C10H23N2/c1-2-3-7-10(12)8-5-4-6-9-11/h10H,1-9,11-12H2. The van der Waals surface area contributed by atoms with Crippen LogP contribution >= 0.6 is 0 Å². The first-order valence-corrected chi connectivity index (χ1v) is 5.06. The van der Waals surface area contributed by atoms with Crippen molar-refractivity contribution in [3.05, 3.63) is 6.92 Å². The number of hydrogen-bond acceptors (Lipinski definition) is 2. The molecule has 4 N–H and O–H groups in total. The van der Waals surface area contributed by atoms with E-state index in [9.17, 15) is 0 Å². The second kappa shape index (κ2) is 9.01. The second-order valence-electron chi connectivity index (χ2n) is 3.39. The zero-order valence-electron chi connectivity index (χ0n) is 8.10. The molecule has 73 valence electrons. The molecule has 12 heavy (non-hydrogen) atoms. The Hall–Kier alpha value is -0.0800. The van der Waals surface area contributed by atoms with Gasteiger partial charge in [-0.25, -0.2) is 0 Å². The fourth-order valence-electron chi connectivity index (χ4n) is 1.28. The van der Waals surface area contributed by atoms with E-state index in [1.54, 1.807) is 0 Å². The van der Waals surface area contributed by atoms with Crippen LogP contribution in [0.4, 0.5) is 0 Å². The van der Waals surface area contributed by atoms with Crippen molar-refractivity contribution in [2.45, 2.75) is 51.0 Å². The number of nitrogens with two attached hydrogens (primary N) is 2. The molecular formula is C10H23N2. The lowest BCUT2D eigenvalue weighted by Crippen LogP contribution is -2.19. The van der Waals surface area contributed by atoms with Crippen LogP contribution < -0.4 is 11.5 Å². The molecule has 0 aromatic rings. The van der Waals surface area contributed by atoms with E-state index in [1.165, 1.54) is 12.8 Å². The Morgan fingerprint density at radius 3 is 2.25 bits per heavy atom. The molecule has 0 fully saturated rings. The summed E-state index contributed by atoms with van der Waals surface area (Å²) in [7, 11) is 0. The lowest BCUT2D eigenvalue weighted by Gasteiger charge is -2.09. The van der Waals surface area contributed by atoms with Crippen molar-refractivity contribution >= 4 is 0 Å². The van der Waals surface area contributed by atoms with Gasteiger partial charge in [-0.1, -0.05) is 32.6 Å². The van der Waals surface area contributed by atoms with Crippen molar-refractivity contribution in [2.24, 2.45) is 11.5 Å². The third-order valence-corrected chi connectivity index (χ3v) is 2.10. The highest BCUT2D eigenvalue weighted by Crippen LogP contribution is 2.06. The zero-order valence-corrected chi connectivity index (χ0v) is 8.10. The van der Waals surface area contributed by atoms with Gasteiger partial charge in [-0.15, -0.1) is 0 Å². The van der Waals surface area contributed by atoms with E-state index in [1.807, 2.05) is 0 Å². The van der Waals surface area contributed by atoms with E-state index in [0.29, 0.717) is 6.04 Å². The minimum Gasteiger partial charge on any atom is -0.330 e. The molecule has 0 spiro atoms. The molecule has 1 radical (unpaired) electrons. The Morgan fingerprint density at radius 2 is 1.67 bits per heavy atom. The molecule has 0 amide bonds. The summed E-state index contributed by atoms with van der Waals surface area (Å²) in [5.74, 6) is 0. The molecular weight excluding hydrogens is 148 g/mol. The summed E-state index contributed by atoms with van der Waals surface area (Å²) in [6.07, 6.45) is 8.06. The SMILES string of the molecule is [CH2]CCCC(N)CCCCCN. The molecule has 0 aliphatic rings. The van der Waals surface area contributed by atoms with Gasteiger partial charge in [-0.2, -0.15) is 0 Å². The fraction of sp³-hybridized carbons (Fsp3) is 0.900. The number of hydrogen-bond donors (Lipinski definition) is 2. The third-order valence-electron chi connectivity index (χ3n) is 2.10. The summed E-state index contributed by atoms with van der Waals surface area (Å²) in [5.41, 5.74) is 11.3. The van der Waals surface area contributed by atoms with Crippen molar-refractivity contribution in [1.29, 1.82) is 0 Å². The molecule has 0 saturated heterocycles. The lowest BCUT2D eigenvalue weighted by molar-refractivity contribution is 0.512. The molecule has 0 aromatic heterocycles. The Balaban J connectivity index is 3.02. The molecule has 0 bridgehead atoms. The smallest absolute Gasteiger partial charge is 0.00388 e. The topological polar surface area (TPSA) is 52.0 Å². The van der Waals surface area contributed by atoms with Crippen LogP contribution in [-0.4, -0.2) is 12.6 Å². The summed E-state index contributed by atoms with van der Waals surface area (Å²) in [5, 5.41) is 0. The number of unbranched alkanes of at least 4 members (excludes halogenated alkanes) is 3. The van der Waals surface area contributed by atoms with Crippen molar-refractivity contribution in [3.8, 4) is 0 Å². The summed E-state index contributed by atoms with van der Waals surface area (Å²) in [6.45, 7) is 4.61. The van der Waals surface area contributed by atoms with E-state index in [0.717, 1.165) is 38.6 Å². The van der Waals surface area contributed by atoms with Gasteiger partial charge in [0.25, 0.3) is 0 Å². The largest absolute Gasteiger partial charge is 0.330 e. The molecule has 0 aliphatic carbocycles. The molecule has 0 aromatic carbocycles. The monoisotopic (exact) mass is 171 g/mol. The van der Waals surface area contributed by atoms with E-state index in [4.69, 9.17) is 11.5 Å². The van der Waals surface area contributed by atoms with Gasteiger partial charge >= 0.3 is 0 Å². The zero-order chi connectivity index (χ0) is 9.23. The Bertz CT molecular complexity index is 83.9. The van der Waals surface area contributed by atoms with Gasteiger partial charge in [0.2, 0.25) is 0 Å². The van der Waals surface area contributed by atoms with Crippen molar-refractivity contribution in [3.63, 3.8) is 0 Å². The predicted octanol–water partition coefficient (Wildman–Crippen LogP) is 1.84. The van der Waals surface area contributed by atoms with Gasteiger partial charge in [0.15, 0.2) is 0 Å². The summed E-state index contributed by atoms with van der Waals surface area (Å²) < 4.78 is 0. The van der Waals surface area contributed by atoms with Gasteiger partial charge in [0.1, 0.15) is 0 Å². The second-order valence-corrected chi connectivity index (χ2v) is 3.39. The first kappa shape index (κ1) is 11.9. The van der Waals surface area contributed by atoms with Crippen molar-refractivity contribution < 1.29 is 0 Å². The predicted molar refractivity (Wildman–Crippen MR) is 54.7 cm³/mol. The number of rotatable bonds is 8. The van der Waals surface area contributed by atoms with Crippen molar-refractivity contribution in [1.82, 2.24) is 0 Å². The molecule has 0 rings (SSSR count). The van der Waals surface area contributed by atoms with Crippen LogP contribution in [0.3, 0.4) is 0 Å². The molecule has 0 heterocycles. The maximum absolute atomic E-state index is 5.88. The van der Waals surface area contributed by atoms with Crippen LogP contribution in [0, 0.1) is 6.92 Å². The summed E-state index contributed by atoms with van der Waals surface area (Å²) >= 11 is 0. The normalized spacial score (nSPS) is 13.2. The van der Waals surface area contributed by atoms with Crippen LogP contribution in [0.15, 0.2) is 0 Å². The average Bonchev–Trinajstić information content (AvgIpc) is 2.09. The molecule has 0 aliphatic heterocycles. The minimum absolute atomic E-state index is 0.393. The van der Waals surface area contributed by atoms with Crippen LogP contribution in [0.25, 0.3) is 0 Å². The Morgan fingerprint density at radius 1 is 1.00 bits per heavy atom. The highest BCUT2D eigenvalue weighted by atomic mass is 14.6. The maximum atomic E-state index is 5.88. The van der Waals surface area contributed by atoms with E-state index < -0.39 is 0 Å². The van der Waals surface area contributed by atoms with Crippen molar-refractivity contribution in [2.75, 3.05) is 6.54 Å². The highest BCUT2D eigenvalue weighted by Gasteiger charge is 2.00. The maximum Gasteiger partial charge on any atom is 0.00388 e. The highest BCUT2D eigenvalue weighted by molar-refractivity contribution is 4.61. The molecule has 0 saturated carbocycles. The summed E-state index contributed by atoms with van der Waals surface area (Å²) in [4.78, 5) is 0. The quantitative estimate of drug-likeness (QED) is 0.547. The van der Waals surface area contributed by atoms with E-state index >= 15 is 0 Å².